The highest BCUT2D eigenvalue weighted by Gasteiger charge is 2.43. The van der Waals surface area contributed by atoms with Gasteiger partial charge in [0.15, 0.2) is 11.5 Å². The third-order valence-electron chi connectivity index (χ3n) is 8.60. The van der Waals surface area contributed by atoms with Gasteiger partial charge in [-0.3, -0.25) is 4.90 Å². The number of hydrogen-bond acceptors (Lipinski definition) is 5. The number of aromatic nitrogens is 2. The molecule has 0 saturated carbocycles. The van der Waals surface area contributed by atoms with Crippen LogP contribution in [0.15, 0.2) is 54.6 Å². The number of benzene rings is 3. The second kappa shape index (κ2) is 10.4. The quantitative estimate of drug-likeness (QED) is 0.243. The fourth-order valence-corrected chi connectivity index (χ4v) is 6.42. The van der Waals surface area contributed by atoms with Crippen LogP contribution in [-0.4, -0.2) is 40.3 Å². The molecule has 3 aliphatic rings. The number of fused-ring (bicyclic) bond motifs is 2. The number of terminal acetylenes is 1. The van der Waals surface area contributed by atoms with Crippen LogP contribution in [0.4, 0.5) is 4.39 Å². The molecule has 2 saturated heterocycles. The van der Waals surface area contributed by atoms with Crippen LogP contribution < -0.4 is 9.47 Å². The molecule has 1 unspecified atom stereocenters. The van der Waals surface area contributed by atoms with E-state index in [1.165, 1.54) is 6.07 Å². The van der Waals surface area contributed by atoms with Crippen LogP contribution in [0, 0.1) is 18.2 Å². The van der Waals surface area contributed by atoms with Gasteiger partial charge in [-0.05, 0) is 80.7 Å². The van der Waals surface area contributed by atoms with Crippen molar-refractivity contribution in [2.75, 3.05) is 19.7 Å². The third kappa shape index (κ3) is 4.84. The lowest BCUT2D eigenvalue weighted by atomic mass is 9.88. The van der Waals surface area contributed by atoms with Gasteiger partial charge in [0.2, 0.25) is 0 Å². The van der Waals surface area contributed by atoms with E-state index < -0.39 is 11.6 Å². The van der Waals surface area contributed by atoms with E-state index >= 15 is 0 Å². The Kier molecular flexibility index (Phi) is 6.66. The van der Waals surface area contributed by atoms with Crippen LogP contribution in [0.1, 0.15) is 54.6 Å². The normalized spacial score (nSPS) is 22.5. The van der Waals surface area contributed by atoms with Crippen molar-refractivity contribution in [3.63, 3.8) is 0 Å². The van der Waals surface area contributed by atoms with Crippen molar-refractivity contribution in [1.29, 1.82) is 0 Å². The first kappa shape index (κ1) is 26.3. The predicted molar refractivity (Wildman–Crippen MR) is 156 cm³/mol. The molecular formula is C33H31ClFN3O3. The van der Waals surface area contributed by atoms with Crippen molar-refractivity contribution in [2.24, 2.45) is 0 Å². The molecule has 0 bridgehead atoms. The molecule has 0 amide bonds. The van der Waals surface area contributed by atoms with Gasteiger partial charge in [0, 0.05) is 29.7 Å². The average Bonchev–Trinajstić information content (AvgIpc) is 3.47. The molecule has 3 aliphatic heterocycles. The van der Waals surface area contributed by atoms with Crippen molar-refractivity contribution in [2.45, 2.75) is 57.1 Å². The SMILES string of the molecule is C#Cc1ccc2c(c1)nc(CN1CCC(c3cccc4c3OC(C)(c3ccc(Cl)cc3F)O4)CC1)n2C[C@@H]1CCO1. The van der Waals surface area contributed by atoms with E-state index in [2.05, 4.69) is 27.5 Å². The van der Waals surface area contributed by atoms with Crippen molar-refractivity contribution in [3.05, 3.63) is 88.0 Å². The van der Waals surface area contributed by atoms with Gasteiger partial charge in [-0.25, -0.2) is 9.37 Å². The average molecular weight is 572 g/mol. The van der Waals surface area contributed by atoms with Crippen LogP contribution in [-0.2, 0) is 23.6 Å². The molecule has 0 spiro atoms. The Hall–Kier alpha value is -3.57. The highest BCUT2D eigenvalue weighted by Crippen LogP contribution is 2.49. The second-order valence-electron chi connectivity index (χ2n) is 11.3. The summed E-state index contributed by atoms with van der Waals surface area (Å²) in [5.41, 5.74) is 4.30. The zero-order valence-corrected chi connectivity index (χ0v) is 23.7. The molecule has 0 N–H and O–H groups in total. The molecule has 41 heavy (non-hydrogen) atoms. The zero-order valence-electron chi connectivity index (χ0n) is 22.9. The number of imidazole rings is 1. The molecular weight excluding hydrogens is 541 g/mol. The summed E-state index contributed by atoms with van der Waals surface area (Å²) in [6.07, 6.45) is 8.90. The highest BCUT2D eigenvalue weighted by molar-refractivity contribution is 6.30. The van der Waals surface area contributed by atoms with E-state index in [-0.39, 0.29) is 6.10 Å². The van der Waals surface area contributed by atoms with Crippen LogP contribution in [0.3, 0.4) is 0 Å². The number of ether oxygens (including phenoxy) is 3. The molecule has 3 aromatic carbocycles. The van der Waals surface area contributed by atoms with Gasteiger partial charge in [-0.15, -0.1) is 6.42 Å². The van der Waals surface area contributed by atoms with Crippen molar-refractivity contribution < 1.29 is 18.6 Å². The molecule has 0 radical (unpaired) electrons. The minimum Gasteiger partial charge on any atom is -0.444 e. The fraction of sp³-hybridized carbons (Fsp3) is 0.364. The molecule has 0 aliphatic carbocycles. The molecule has 7 rings (SSSR count). The lowest BCUT2D eigenvalue weighted by Crippen LogP contribution is -2.35. The first-order valence-electron chi connectivity index (χ1n) is 14.2. The standard InChI is InChI=1S/C33H31ClFN3O3/c1-3-21-7-10-29-28(17-21)36-31(38(29)19-24-13-16-39-24)20-37-14-11-22(12-15-37)25-5-4-6-30-32(25)41-33(2,40-30)26-9-8-23(34)18-27(26)35/h1,4-10,17-18,22,24H,11-16,19-20H2,2H3/t24-,33?/m0/s1. The number of hydrogen-bond donors (Lipinski definition) is 0. The summed E-state index contributed by atoms with van der Waals surface area (Å²) >= 11 is 5.98. The largest absolute Gasteiger partial charge is 0.444 e. The van der Waals surface area contributed by atoms with Crippen molar-refractivity contribution in [1.82, 2.24) is 14.5 Å². The first-order chi connectivity index (χ1) is 19.9. The number of halogens is 2. The van der Waals surface area contributed by atoms with E-state index in [1.54, 1.807) is 19.1 Å². The molecule has 8 heteroatoms. The van der Waals surface area contributed by atoms with Crippen LogP contribution in [0.5, 0.6) is 11.5 Å². The summed E-state index contributed by atoms with van der Waals surface area (Å²) in [6.45, 7) is 6.00. The van der Waals surface area contributed by atoms with Crippen molar-refractivity contribution >= 4 is 22.6 Å². The molecule has 1 aromatic heterocycles. The van der Waals surface area contributed by atoms with Crippen LogP contribution >= 0.6 is 11.6 Å². The Morgan fingerprint density at radius 3 is 2.66 bits per heavy atom. The molecule has 6 nitrogen and oxygen atoms in total. The van der Waals surface area contributed by atoms with Gasteiger partial charge < -0.3 is 18.8 Å². The zero-order chi connectivity index (χ0) is 28.1. The molecule has 210 valence electrons. The minimum atomic E-state index is -1.25. The van der Waals surface area contributed by atoms with Gasteiger partial charge >= 0.3 is 0 Å². The van der Waals surface area contributed by atoms with E-state index in [0.717, 1.165) is 80.0 Å². The summed E-state index contributed by atoms with van der Waals surface area (Å²) in [4.78, 5) is 7.47. The topological polar surface area (TPSA) is 48.8 Å². The van der Waals surface area contributed by atoms with Crippen LogP contribution in [0.2, 0.25) is 5.02 Å². The Morgan fingerprint density at radius 2 is 1.93 bits per heavy atom. The molecule has 4 aromatic rings. The van der Waals surface area contributed by atoms with E-state index in [9.17, 15) is 4.39 Å². The first-order valence-corrected chi connectivity index (χ1v) is 14.5. The van der Waals surface area contributed by atoms with E-state index in [0.29, 0.717) is 28.0 Å². The maximum absolute atomic E-state index is 14.8. The van der Waals surface area contributed by atoms with Crippen LogP contribution in [0.25, 0.3) is 11.0 Å². The maximum atomic E-state index is 14.8. The Bertz CT molecular complexity index is 1670. The number of likely N-dealkylation sites (tertiary alicyclic amines) is 1. The Labute approximate surface area is 244 Å². The number of nitrogens with zero attached hydrogens (tertiary/aromatic N) is 3. The summed E-state index contributed by atoms with van der Waals surface area (Å²) in [5, 5.41) is 0.335. The van der Waals surface area contributed by atoms with Gasteiger partial charge in [0.25, 0.3) is 5.79 Å². The predicted octanol–water partition coefficient (Wildman–Crippen LogP) is 6.62. The van der Waals surface area contributed by atoms with Gasteiger partial charge in [-0.1, -0.05) is 29.7 Å². The second-order valence-corrected chi connectivity index (χ2v) is 11.7. The lowest BCUT2D eigenvalue weighted by molar-refractivity contribution is -0.0712. The number of piperidine rings is 1. The van der Waals surface area contributed by atoms with E-state index in [1.807, 2.05) is 24.3 Å². The highest BCUT2D eigenvalue weighted by atomic mass is 35.5. The van der Waals surface area contributed by atoms with E-state index in [4.69, 9.17) is 37.2 Å². The lowest BCUT2D eigenvalue weighted by Gasteiger charge is -2.33. The van der Waals surface area contributed by atoms with Gasteiger partial charge in [0.1, 0.15) is 11.6 Å². The van der Waals surface area contributed by atoms with Gasteiger partial charge in [-0.2, -0.15) is 0 Å². The fourth-order valence-electron chi connectivity index (χ4n) is 6.27. The Balaban J connectivity index is 1.08. The van der Waals surface area contributed by atoms with Crippen molar-refractivity contribution in [3.8, 4) is 23.8 Å². The minimum absolute atomic E-state index is 0.235. The summed E-state index contributed by atoms with van der Waals surface area (Å²) in [7, 11) is 0. The van der Waals surface area contributed by atoms with Gasteiger partial charge in [0.05, 0.1) is 35.8 Å². The smallest absolute Gasteiger partial charge is 0.278 e. The maximum Gasteiger partial charge on any atom is 0.278 e. The summed E-state index contributed by atoms with van der Waals surface area (Å²) < 4.78 is 35.4. The molecule has 2 fully saturated rings. The molecule has 4 heterocycles. The monoisotopic (exact) mass is 571 g/mol. The number of para-hydroxylation sites is 1. The summed E-state index contributed by atoms with van der Waals surface area (Å²) in [5.74, 6) is 3.71. The Morgan fingerprint density at radius 1 is 1.10 bits per heavy atom. The third-order valence-corrected chi connectivity index (χ3v) is 8.83. The molecule has 2 atom stereocenters. The number of rotatable bonds is 6. The summed E-state index contributed by atoms with van der Waals surface area (Å²) in [6, 6.07) is 16.6.